The highest BCUT2D eigenvalue weighted by Crippen LogP contribution is 2.19. The van der Waals surface area contributed by atoms with Crippen LogP contribution < -0.4 is 0 Å². The predicted molar refractivity (Wildman–Crippen MR) is 68.1 cm³/mol. The SMILES string of the molecule is COC(C(=O)Cc1cnn(C)c1)c1ccccc1. The molecule has 94 valence electrons. The number of nitrogens with zero attached hydrogens (tertiary/aromatic N) is 2. The van der Waals surface area contributed by atoms with E-state index in [-0.39, 0.29) is 5.78 Å². The van der Waals surface area contributed by atoms with Crippen molar-refractivity contribution in [2.24, 2.45) is 7.05 Å². The fraction of sp³-hybridized carbons (Fsp3) is 0.286. The standard InChI is InChI=1S/C14H16N2O2/c1-16-10-11(9-15-16)8-13(17)14(18-2)12-6-4-3-5-7-12/h3-7,9-10,14H,8H2,1-2H3. The van der Waals surface area contributed by atoms with Crippen LogP contribution in [-0.2, 0) is 23.0 Å². The van der Waals surface area contributed by atoms with E-state index in [0.29, 0.717) is 6.42 Å². The minimum Gasteiger partial charge on any atom is -0.369 e. The molecule has 18 heavy (non-hydrogen) atoms. The van der Waals surface area contributed by atoms with Crippen molar-refractivity contribution in [1.82, 2.24) is 9.78 Å². The molecule has 0 saturated heterocycles. The first kappa shape index (κ1) is 12.5. The molecule has 1 aromatic carbocycles. The minimum atomic E-state index is -0.508. The maximum Gasteiger partial charge on any atom is 0.170 e. The molecule has 0 fully saturated rings. The Labute approximate surface area is 106 Å². The van der Waals surface area contributed by atoms with Crippen LogP contribution in [0.15, 0.2) is 42.7 Å². The first-order chi connectivity index (χ1) is 8.70. The van der Waals surface area contributed by atoms with Crippen molar-refractivity contribution in [1.29, 1.82) is 0 Å². The van der Waals surface area contributed by atoms with Crippen molar-refractivity contribution in [3.05, 3.63) is 53.9 Å². The van der Waals surface area contributed by atoms with Gasteiger partial charge in [0.2, 0.25) is 0 Å². The lowest BCUT2D eigenvalue weighted by molar-refractivity contribution is -0.128. The second-order valence-corrected chi connectivity index (χ2v) is 4.19. The van der Waals surface area contributed by atoms with E-state index in [4.69, 9.17) is 4.74 Å². The largest absolute Gasteiger partial charge is 0.369 e. The molecule has 0 saturated carbocycles. The van der Waals surface area contributed by atoms with Crippen LogP contribution in [0, 0.1) is 0 Å². The minimum absolute atomic E-state index is 0.0386. The van der Waals surface area contributed by atoms with Crippen LogP contribution in [0.2, 0.25) is 0 Å². The van der Waals surface area contributed by atoms with Crippen LogP contribution >= 0.6 is 0 Å². The molecule has 4 nitrogen and oxygen atoms in total. The first-order valence-electron chi connectivity index (χ1n) is 5.78. The number of benzene rings is 1. The topological polar surface area (TPSA) is 44.1 Å². The van der Waals surface area contributed by atoms with Gasteiger partial charge in [0, 0.05) is 26.8 Å². The molecule has 0 spiro atoms. The lowest BCUT2D eigenvalue weighted by Gasteiger charge is -2.13. The lowest BCUT2D eigenvalue weighted by Crippen LogP contribution is -2.16. The van der Waals surface area contributed by atoms with E-state index in [2.05, 4.69) is 5.10 Å². The summed E-state index contributed by atoms with van der Waals surface area (Å²) >= 11 is 0. The average molecular weight is 244 g/mol. The molecule has 0 aliphatic rings. The molecule has 0 N–H and O–H groups in total. The van der Waals surface area contributed by atoms with Crippen LogP contribution in [0.3, 0.4) is 0 Å². The quantitative estimate of drug-likeness (QED) is 0.807. The summed E-state index contributed by atoms with van der Waals surface area (Å²) < 4.78 is 6.99. The number of Topliss-reactive ketones (excluding diaryl/α,β-unsaturated/α-hetero) is 1. The Morgan fingerprint density at radius 1 is 1.39 bits per heavy atom. The Balaban J connectivity index is 2.11. The summed E-state index contributed by atoms with van der Waals surface area (Å²) in [6.45, 7) is 0. The molecule has 0 amide bonds. The molecule has 1 aromatic heterocycles. The third kappa shape index (κ3) is 2.84. The Morgan fingerprint density at radius 2 is 2.11 bits per heavy atom. The van der Waals surface area contributed by atoms with Gasteiger partial charge in [-0.25, -0.2) is 0 Å². The highest BCUT2D eigenvalue weighted by Gasteiger charge is 2.20. The van der Waals surface area contributed by atoms with Crippen LogP contribution in [-0.4, -0.2) is 22.7 Å². The van der Waals surface area contributed by atoms with Crippen molar-refractivity contribution in [2.45, 2.75) is 12.5 Å². The number of ether oxygens (including phenoxy) is 1. The average Bonchev–Trinajstić information content (AvgIpc) is 2.77. The zero-order valence-electron chi connectivity index (χ0n) is 10.5. The molecule has 1 unspecified atom stereocenters. The molecular formula is C14H16N2O2. The van der Waals surface area contributed by atoms with E-state index in [1.807, 2.05) is 43.6 Å². The van der Waals surface area contributed by atoms with E-state index in [1.165, 1.54) is 0 Å². The second-order valence-electron chi connectivity index (χ2n) is 4.19. The van der Waals surface area contributed by atoms with Crippen LogP contribution in [0.1, 0.15) is 17.2 Å². The predicted octanol–water partition coefficient (Wildman–Crippen LogP) is 1.92. The molecule has 1 heterocycles. The number of carbonyl (C=O) groups is 1. The fourth-order valence-electron chi connectivity index (χ4n) is 1.94. The van der Waals surface area contributed by atoms with E-state index in [9.17, 15) is 4.79 Å². The maximum atomic E-state index is 12.2. The summed E-state index contributed by atoms with van der Waals surface area (Å²) in [5.41, 5.74) is 1.79. The summed E-state index contributed by atoms with van der Waals surface area (Å²) in [6.07, 6.45) is 3.37. The monoisotopic (exact) mass is 244 g/mol. The van der Waals surface area contributed by atoms with Gasteiger partial charge >= 0.3 is 0 Å². The van der Waals surface area contributed by atoms with Crippen molar-refractivity contribution < 1.29 is 9.53 Å². The van der Waals surface area contributed by atoms with E-state index in [1.54, 1.807) is 18.0 Å². The molecule has 2 rings (SSSR count). The molecular weight excluding hydrogens is 228 g/mol. The summed E-state index contributed by atoms with van der Waals surface area (Å²) in [6, 6.07) is 9.52. The number of rotatable bonds is 5. The highest BCUT2D eigenvalue weighted by molar-refractivity contribution is 5.86. The highest BCUT2D eigenvalue weighted by atomic mass is 16.5. The maximum absolute atomic E-state index is 12.2. The number of methoxy groups -OCH3 is 1. The van der Waals surface area contributed by atoms with Gasteiger partial charge in [0.1, 0.15) is 6.10 Å². The zero-order valence-corrected chi connectivity index (χ0v) is 10.5. The van der Waals surface area contributed by atoms with Gasteiger partial charge in [0.15, 0.2) is 5.78 Å². The van der Waals surface area contributed by atoms with Gasteiger partial charge in [-0.3, -0.25) is 9.48 Å². The summed E-state index contributed by atoms with van der Waals surface area (Å²) in [4.78, 5) is 12.2. The Kier molecular flexibility index (Phi) is 3.89. The van der Waals surface area contributed by atoms with Gasteiger partial charge in [0.25, 0.3) is 0 Å². The smallest absolute Gasteiger partial charge is 0.170 e. The summed E-state index contributed by atoms with van der Waals surface area (Å²) in [7, 11) is 3.39. The number of aryl methyl sites for hydroxylation is 1. The second kappa shape index (κ2) is 5.60. The lowest BCUT2D eigenvalue weighted by atomic mass is 10.0. The van der Waals surface area contributed by atoms with Gasteiger partial charge in [-0.05, 0) is 11.1 Å². The number of hydrogen-bond donors (Lipinski definition) is 0. The van der Waals surface area contributed by atoms with E-state index >= 15 is 0 Å². The number of carbonyl (C=O) groups excluding carboxylic acids is 1. The normalized spacial score (nSPS) is 12.3. The van der Waals surface area contributed by atoms with Gasteiger partial charge < -0.3 is 4.74 Å². The molecule has 0 radical (unpaired) electrons. The molecule has 0 aliphatic heterocycles. The Bertz CT molecular complexity index is 520. The third-order valence-corrected chi connectivity index (χ3v) is 2.77. The van der Waals surface area contributed by atoms with Crippen LogP contribution in [0.25, 0.3) is 0 Å². The van der Waals surface area contributed by atoms with Crippen LogP contribution in [0.5, 0.6) is 0 Å². The van der Waals surface area contributed by atoms with Crippen LogP contribution in [0.4, 0.5) is 0 Å². The Morgan fingerprint density at radius 3 is 2.67 bits per heavy atom. The summed E-state index contributed by atoms with van der Waals surface area (Å²) in [5, 5.41) is 4.05. The Hall–Kier alpha value is -1.94. The van der Waals surface area contributed by atoms with E-state index < -0.39 is 6.10 Å². The summed E-state index contributed by atoms with van der Waals surface area (Å²) in [5.74, 6) is 0.0386. The number of hydrogen-bond acceptors (Lipinski definition) is 3. The molecule has 1 atom stereocenters. The van der Waals surface area contributed by atoms with Gasteiger partial charge in [-0.2, -0.15) is 5.10 Å². The first-order valence-corrected chi connectivity index (χ1v) is 5.78. The molecule has 0 bridgehead atoms. The number of ketones is 1. The zero-order chi connectivity index (χ0) is 13.0. The fourth-order valence-corrected chi connectivity index (χ4v) is 1.94. The molecule has 0 aliphatic carbocycles. The van der Waals surface area contributed by atoms with Gasteiger partial charge in [-0.1, -0.05) is 30.3 Å². The van der Waals surface area contributed by atoms with Crippen molar-refractivity contribution in [2.75, 3.05) is 7.11 Å². The molecule has 4 heteroatoms. The van der Waals surface area contributed by atoms with Crippen molar-refractivity contribution in [3.8, 4) is 0 Å². The van der Waals surface area contributed by atoms with Gasteiger partial charge in [-0.15, -0.1) is 0 Å². The third-order valence-electron chi connectivity index (χ3n) is 2.77. The van der Waals surface area contributed by atoms with Crippen molar-refractivity contribution in [3.63, 3.8) is 0 Å². The van der Waals surface area contributed by atoms with E-state index in [0.717, 1.165) is 11.1 Å². The van der Waals surface area contributed by atoms with Gasteiger partial charge in [0.05, 0.1) is 6.20 Å². The number of aromatic nitrogens is 2. The molecule has 2 aromatic rings. The van der Waals surface area contributed by atoms with Crippen molar-refractivity contribution >= 4 is 5.78 Å².